The number of hydrogen-bond acceptors (Lipinski definition) is 5. The third-order valence-electron chi connectivity index (χ3n) is 5.59. The molecule has 1 heterocycles. The van der Waals surface area contributed by atoms with E-state index >= 15 is 0 Å². The number of aromatic nitrogens is 2. The van der Waals surface area contributed by atoms with E-state index in [2.05, 4.69) is 48.3 Å². The van der Waals surface area contributed by atoms with Crippen molar-refractivity contribution >= 4 is 0 Å². The fraction of sp³-hybridized carbons (Fsp3) is 0.280. The van der Waals surface area contributed by atoms with Crippen LogP contribution >= 0.6 is 0 Å². The Morgan fingerprint density at radius 1 is 1.06 bits per heavy atom. The van der Waals surface area contributed by atoms with Crippen LogP contribution in [0.15, 0.2) is 88.3 Å². The Kier molecular flexibility index (Phi) is 8.05. The smallest absolute Gasteiger partial charge is 0.328 e. The summed E-state index contributed by atoms with van der Waals surface area (Å²) in [7, 11) is 0. The van der Waals surface area contributed by atoms with Gasteiger partial charge in [-0.3, -0.25) is 9.78 Å². The minimum Gasteiger partial charge on any atom is -0.403 e. The Balaban J connectivity index is 1.58. The lowest BCUT2D eigenvalue weighted by Crippen LogP contribution is -2.34. The second kappa shape index (κ2) is 11.2. The van der Waals surface area contributed by atoms with Crippen molar-refractivity contribution < 1.29 is 0 Å². The molecule has 5 N–H and O–H groups in total. The number of unbranched alkanes of at least 4 members (excludes halogenated alkanes) is 1. The molecule has 0 spiro atoms. The number of nitrogens with zero attached hydrogens (tertiary/aromatic N) is 2. The predicted molar refractivity (Wildman–Crippen MR) is 129 cm³/mol. The monoisotopic (exact) mass is 433 g/mol. The molecule has 0 saturated carbocycles. The Morgan fingerprint density at radius 3 is 2.50 bits per heavy atom. The third kappa shape index (κ3) is 5.98. The van der Waals surface area contributed by atoms with Gasteiger partial charge in [0.2, 0.25) is 0 Å². The molecular formula is C25H31N5O2. The minimum atomic E-state index is -0.390. The molecule has 7 nitrogen and oxygen atoms in total. The van der Waals surface area contributed by atoms with Gasteiger partial charge in [0.25, 0.3) is 5.56 Å². The molecule has 0 fully saturated rings. The van der Waals surface area contributed by atoms with Gasteiger partial charge in [-0.2, -0.15) is 0 Å². The van der Waals surface area contributed by atoms with Gasteiger partial charge in [0.15, 0.2) is 0 Å². The molecule has 1 atom stereocenters. The van der Waals surface area contributed by atoms with Crippen LogP contribution in [0.4, 0.5) is 0 Å². The van der Waals surface area contributed by atoms with Crippen LogP contribution < -0.4 is 22.8 Å². The van der Waals surface area contributed by atoms with Crippen molar-refractivity contribution in [1.29, 1.82) is 0 Å². The molecule has 0 aliphatic carbocycles. The first-order chi connectivity index (χ1) is 15.5. The Hall–Kier alpha value is -3.58. The topological polar surface area (TPSA) is 110 Å². The summed E-state index contributed by atoms with van der Waals surface area (Å²) >= 11 is 0. The quantitative estimate of drug-likeness (QED) is 0.258. The fourth-order valence-electron chi connectivity index (χ4n) is 3.85. The van der Waals surface area contributed by atoms with Crippen molar-refractivity contribution in [3.05, 3.63) is 105 Å². The zero-order chi connectivity index (χ0) is 22.9. The lowest BCUT2D eigenvalue weighted by molar-refractivity contribution is 0.322. The summed E-state index contributed by atoms with van der Waals surface area (Å²) in [5.74, 6) is 6.58. The predicted octanol–water partition coefficient (Wildman–Crippen LogP) is 3.15. The van der Waals surface area contributed by atoms with Crippen molar-refractivity contribution in [3.63, 3.8) is 0 Å². The molecule has 0 amide bonds. The van der Waals surface area contributed by atoms with Gasteiger partial charge >= 0.3 is 5.69 Å². The van der Waals surface area contributed by atoms with Crippen LogP contribution in [0.1, 0.15) is 37.7 Å². The van der Waals surface area contributed by atoms with Crippen LogP contribution in [0, 0.1) is 0 Å². The maximum atomic E-state index is 11.8. The standard InChI is InChI=1S/C25H31N5O2/c1-19(22-12-5-6-13-23(22)20-9-3-2-4-10-20)18-30(27)21(17-26)11-7-8-15-29-16-14-24(31)28-25(29)32/h2-6,9-10,12-14,16-17,19H,7-8,11,15,18,26-27H2,1H3,(H,28,31,32)/b21-17-. The molecule has 1 unspecified atom stereocenters. The van der Waals surface area contributed by atoms with Crippen LogP contribution in [-0.2, 0) is 6.54 Å². The first-order valence-corrected chi connectivity index (χ1v) is 10.9. The molecule has 0 saturated heterocycles. The molecule has 0 aliphatic heterocycles. The highest BCUT2D eigenvalue weighted by molar-refractivity contribution is 5.67. The number of aromatic amines is 1. The maximum absolute atomic E-state index is 11.8. The number of nitrogens with two attached hydrogens (primary N) is 2. The average molecular weight is 434 g/mol. The summed E-state index contributed by atoms with van der Waals surface area (Å²) in [5.41, 5.74) is 9.58. The highest BCUT2D eigenvalue weighted by atomic mass is 16.2. The van der Waals surface area contributed by atoms with Crippen LogP contribution in [0.2, 0.25) is 0 Å². The van der Waals surface area contributed by atoms with E-state index in [1.165, 1.54) is 33.5 Å². The highest BCUT2D eigenvalue weighted by Gasteiger charge is 2.15. The SMILES string of the molecule is CC(CN(N)/C(=C\N)CCCCn1ccc(=O)[nH]c1=O)c1ccccc1-c1ccccc1. The average Bonchev–Trinajstić information content (AvgIpc) is 2.80. The van der Waals surface area contributed by atoms with E-state index in [0.29, 0.717) is 19.5 Å². The zero-order valence-electron chi connectivity index (χ0n) is 18.4. The second-order valence-corrected chi connectivity index (χ2v) is 7.93. The summed E-state index contributed by atoms with van der Waals surface area (Å²) in [6, 6.07) is 20.1. The van der Waals surface area contributed by atoms with E-state index in [0.717, 1.165) is 18.5 Å². The van der Waals surface area contributed by atoms with Crippen molar-refractivity contribution in [2.75, 3.05) is 6.54 Å². The van der Waals surface area contributed by atoms with E-state index in [1.807, 2.05) is 18.2 Å². The molecule has 32 heavy (non-hydrogen) atoms. The lowest BCUT2D eigenvalue weighted by Gasteiger charge is -2.26. The first kappa shape index (κ1) is 23.1. The highest BCUT2D eigenvalue weighted by Crippen LogP contribution is 2.30. The van der Waals surface area contributed by atoms with Gasteiger partial charge in [-0.15, -0.1) is 0 Å². The Labute approximate surface area is 188 Å². The molecule has 0 aliphatic rings. The fourth-order valence-corrected chi connectivity index (χ4v) is 3.85. The number of aryl methyl sites for hydroxylation is 1. The van der Waals surface area contributed by atoms with E-state index < -0.39 is 5.69 Å². The van der Waals surface area contributed by atoms with E-state index in [-0.39, 0.29) is 11.5 Å². The molecule has 168 valence electrons. The summed E-state index contributed by atoms with van der Waals surface area (Å²) in [6.45, 7) is 3.32. The van der Waals surface area contributed by atoms with E-state index in [9.17, 15) is 9.59 Å². The van der Waals surface area contributed by atoms with Crippen LogP contribution in [-0.4, -0.2) is 21.1 Å². The van der Waals surface area contributed by atoms with Crippen molar-refractivity contribution in [3.8, 4) is 11.1 Å². The molecule has 7 heteroatoms. The Morgan fingerprint density at radius 2 is 1.78 bits per heavy atom. The summed E-state index contributed by atoms with van der Waals surface area (Å²) in [5, 5.41) is 1.72. The molecular weight excluding hydrogens is 402 g/mol. The van der Waals surface area contributed by atoms with Gasteiger partial charge in [0.05, 0.1) is 0 Å². The van der Waals surface area contributed by atoms with Crippen LogP contribution in [0.25, 0.3) is 11.1 Å². The number of nitrogens with one attached hydrogen (secondary N) is 1. The number of rotatable bonds is 10. The molecule has 0 radical (unpaired) electrons. The van der Waals surface area contributed by atoms with Gasteiger partial charge in [0, 0.05) is 43.2 Å². The number of hydrazine groups is 1. The third-order valence-corrected chi connectivity index (χ3v) is 5.59. The molecule has 1 aromatic heterocycles. The largest absolute Gasteiger partial charge is 0.403 e. The normalized spacial score (nSPS) is 12.5. The van der Waals surface area contributed by atoms with Crippen molar-refractivity contribution in [2.45, 2.75) is 38.6 Å². The van der Waals surface area contributed by atoms with Crippen molar-refractivity contribution in [1.82, 2.24) is 14.6 Å². The molecule has 2 aromatic carbocycles. The van der Waals surface area contributed by atoms with Gasteiger partial charge in [-0.25, -0.2) is 10.6 Å². The lowest BCUT2D eigenvalue weighted by atomic mass is 9.91. The van der Waals surface area contributed by atoms with Gasteiger partial charge in [-0.05, 0) is 36.0 Å². The summed E-state index contributed by atoms with van der Waals surface area (Å²) in [4.78, 5) is 25.2. The molecule has 3 aromatic rings. The van der Waals surface area contributed by atoms with E-state index in [1.54, 1.807) is 11.2 Å². The first-order valence-electron chi connectivity index (χ1n) is 10.9. The number of hydrogen-bond donors (Lipinski definition) is 3. The number of allylic oxidation sites excluding steroid dienone is 1. The summed E-state index contributed by atoms with van der Waals surface area (Å²) in [6.07, 6.45) is 5.36. The Bertz CT molecular complexity index is 1150. The second-order valence-electron chi connectivity index (χ2n) is 7.93. The van der Waals surface area contributed by atoms with Crippen LogP contribution in [0.5, 0.6) is 0 Å². The number of H-pyrrole nitrogens is 1. The van der Waals surface area contributed by atoms with Crippen LogP contribution in [0.3, 0.4) is 0 Å². The summed E-state index contributed by atoms with van der Waals surface area (Å²) < 4.78 is 1.50. The molecule has 3 rings (SSSR count). The molecule has 0 bridgehead atoms. The maximum Gasteiger partial charge on any atom is 0.328 e. The zero-order valence-corrected chi connectivity index (χ0v) is 18.4. The van der Waals surface area contributed by atoms with E-state index in [4.69, 9.17) is 11.6 Å². The van der Waals surface area contributed by atoms with Crippen molar-refractivity contribution in [2.24, 2.45) is 11.6 Å². The van der Waals surface area contributed by atoms with Gasteiger partial charge < -0.3 is 15.3 Å². The minimum absolute atomic E-state index is 0.200. The number of benzene rings is 2. The van der Waals surface area contributed by atoms with Gasteiger partial charge in [-0.1, -0.05) is 61.5 Å². The van der Waals surface area contributed by atoms with Gasteiger partial charge in [0.1, 0.15) is 0 Å².